The van der Waals surface area contributed by atoms with E-state index in [0.717, 1.165) is 0 Å². The second-order valence-corrected chi connectivity index (χ2v) is 6.66. The van der Waals surface area contributed by atoms with Gasteiger partial charge in [0.05, 0.1) is 29.3 Å². The van der Waals surface area contributed by atoms with Crippen LogP contribution in [0.4, 0.5) is 14.7 Å². The Morgan fingerprint density at radius 3 is 2.67 bits per heavy atom. The highest BCUT2D eigenvalue weighted by atomic mass is 19.1. The Balaban J connectivity index is 1.49. The summed E-state index contributed by atoms with van der Waals surface area (Å²) in [6, 6.07) is 6.62. The second kappa shape index (κ2) is 6.76. The van der Waals surface area contributed by atoms with Crippen LogP contribution in [-0.2, 0) is 5.41 Å². The minimum absolute atomic E-state index is 0.215. The number of alkyl halides is 1. The van der Waals surface area contributed by atoms with Crippen molar-refractivity contribution in [1.82, 2.24) is 19.5 Å². The van der Waals surface area contributed by atoms with Crippen LogP contribution in [-0.4, -0.2) is 32.2 Å². The molecular formula is C19H16F2N6. The van der Waals surface area contributed by atoms with Crippen molar-refractivity contribution in [2.75, 3.05) is 11.9 Å². The van der Waals surface area contributed by atoms with Crippen molar-refractivity contribution in [3.63, 3.8) is 0 Å². The highest BCUT2D eigenvalue weighted by Crippen LogP contribution is 2.45. The van der Waals surface area contributed by atoms with Crippen LogP contribution in [0, 0.1) is 17.1 Å². The normalized spacial score (nSPS) is 21.3. The maximum absolute atomic E-state index is 14.2. The minimum Gasteiger partial charge on any atom is -0.353 e. The van der Waals surface area contributed by atoms with E-state index >= 15 is 0 Å². The SMILES string of the molecule is N#Cc1ccn(-c2cnc(NC[C@]3(c4ncccc4F)C[C@H](F)C3)nc2)c1. The topological polar surface area (TPSA) is 79.4 Å². The van der Waals surface area contributed by atoms with Crippen LogP contribution in [0.15, 0.2) is 49.2 Å². The van der Waals surface area contributed by atoms with Gasteiger partial charge in [0.1, 0.15) is 18.1 Å². The molecule has 0 amide bonds. The van der Waals surface area contributed by atoms with Crippen LogP contribution < -0.4 is 5.32 Å². The number of nitriles is 1. The van der Waals surface area contributed by atoms with E-state index in [1.165, 1.54) is 18.3 Å². The van der Waals surface area contributed by atoms with E-state index in [0.29, 0.717) is 23.7 Å². The third kappa shape index (κ3) is 3.24. The Bertz CT molecular complexity index is 986. The molecule has 1 aliphatic rings. The van der Waals surface area contributed by atoms with Gasteiger partial charge >= 0.3 is 0 Å². The quantitative estimate of drug-likeness (QED) is 0.750. The van der Waals surface area contributed by atoms with Gasteiger partial charge in [-0.1, -0.05) is 0 Å². The van der Waals surface area contributed by atoms with Gasteiger partial charge in [0, 0.05) is 30.6 Å². The Morgan fingerprint density at radius 2 is 2.04 bits per heavy atom. The van der Waals surface area contributed by atoms with Crippen LogP contribution in [0.2, 0.25) is 0 Å². The lowest BCUT2D eigenvalue weighted by molar-refractivity contribution is 0.0963. The first kappa shape index (κ1) is 17.1. The first-order valence-electron chi connectivity index (χ1n) is 8.49. The van der Waals surface area contributed by atoms with Crippen molar-refractivity contribution in [1.29, 1.82) is 5.26 Å². The van der Waals surface area contributed by atoms with Gasteiger partial charge in [-0.2, -0.15) is 5.26 Å². The minimum atomic E-state index is -0.959. The summed E-state index contributed by atoms with van der Waals surface area (Å²) in [7, 11) is 0. The molecule has 0 radical (unpaired) electrons. The van der Waals surface area contributed by atoms with Gasteiger partial charge in [0.15, 0.2) is 0 Å². The lowest BCUT2D eigenvalue weighted by Crippen LogP contribution is -2.49. The third-order valence-electron chi connectivity index (χ3n) is 4.83. The summed E-state index contributed by atoms with van der Waals surface area (Å²) in [5, 5.41) is 12.0. The Kier molecular flexibility index (Phi) is 4.28. The standard InChI is InChI=1S/C19H16F2N6/c20-14-6-19(7-14,17-16(21)2-1-4-23-17)12-26-18-24-9-15(10-25-18)27-5-3-13(8-22)11-27/h1-5,9-11,14H,6-7,12H2,(H,24,25,26)/t14-,19-. The highest BCUT2D eigenvalue weighted by Gasteiger charge is 2.48. The molecule has 3 aromatic rings. The molecule has 0 spiro atoms. The van der Waals surface area contributed by atoms with Crippen LogP contribution in [0.5, 0.6) is 0 Å². The second-order valence-electron chi connectivity index (χ2n) is 6.66. The molecule has 3 heterocycles. The van der Waals surface area contributed by atoms with E-state index in [1.807, 2.05) is 0 Å². The highest BCUT2D eigenvalue weighted by molar-refractivity contribution is 5.37. The van der Waals surface area contributed by atoms with E-state index in [9.17, 15) is 8.78 Å². The van der Waals surface area contributed by atoms with Crippen molar-refractivity contribution < 1.29 is 8.78 Å². The fraction of sp³-hybridized carbons (Fsp3) is 0.263. The van der Waals surface area contributed by atoms with Crippen LogP contribution in [0.3, 0.4) is 0 Å². The van der Waals surface area contributed by atoms with Gasteiger partial charge in [-0.3, -0.25) is 4.98 Å². The molecule has 136 valence electrons. The molecule has 0 bridgehead atoms. The van der Waals surface area contributed by atoms with Gasteiger partial charge in [0.25, 0.3) is 0 Å². The summed E-state index contributed by atoms with van der Waals surface area (Å²) in [6.45, 7) is 0.294. The van der Waals surface area contributed by atoms with Crippen molar-refractivity contribution in [2.24, 2.45) is 0 Å². The molecule has 27 heavy (non-hydrogen) atoms. The summed E-state index contributed by atoms with van der Waals surface area (Å²) in [5.41, 5.74) is 0.830. The van der Waals surface area contributed by atoms with Gasteiger partial charge in [-0.05, 0) is 31.0 Å². The fourth-order valence-corrected chi connectivity index (χ4v) is 3.40. The van der Waals surface area contributed by atoms with Crippen LogP contribution in [0.25, 0.3) is 5.69 Å². The maximum atomic E-state index is 14.2. The number of rotatable bonds is 5. The van der Waals surface area contributed by atoms with E-state index in [2.05, 4.69) is 26.3 Å². The van der Waals surface area contributed by atoms with Crippen LogP contribution in [0.1, 0.15) is 24.1 Å². The Labute approximate surface area is 154 Å². The number of nitrogens with zero attached hydrogens (tertiary/aromatic N) is 5. The summed E-state index contributed by atoms with van der Waals surface area (Å²) in [4.78, 5) is 12.6. The number of anilines is 1. The summed E-state index contributed by atoms with van der Waals surface area (Å²) in [5.74, 6) is -0.0622. The summed E-state index contributed by atoms with van der Waals surface area (Å²) >= 11 is 0. The molecule has 8 heteroatoms. The molecule has 0 saturated heterocycles. The zero-order valence-corrected chi connectivity index (χ0v) is 14.3. The number of hydrogen-bond acceptors (Lipinski definition) is 5. The molecular weight excluding hydrogens is 350 g/mol. The van der Waals surface area contributed by atoms with Gasteiger partial charge in [-0.15, -0.1) is 0 Å². The molecule has 1 N–H and O–H groups in total. The zero-order valence-electron chi connectivity index (χ0n) is 14.3. The molecule has 0 atom stereocenters. The molecule has 0 aromatic carbocycles. The lowest BCUT2D eigenvalue weighted by atomic mass is 9.65. The number of halogens is 2. The smallest absolute Gasteiger partial charge is 0.222 e. The predicted molar refractivity (Wildman–Crippen MR) is 94.6 cm³/mol. The average Bonchev–Trinajstić information content (AvgIpc) is 3.14. The molecule has 3 aromatic heterocycles. The molecule has 0 unspecified atom stereocenters. The molecule has 1 aliphatic carbocycles. The van der Waals surface area contributed by atoms with E-state index in [-0.39, 0.29) is 18.5 Å². The van der Waals surface area contributed by atoms with Crippen molar-refractivity contribution in [3.05, 3.63) is 66.3 Å². The Hall–Kier alpha value is -3.34. The number of nitrogens with one attached hydrogen (secondary N) is 1. The van der Waals surface area contributed by atoms with Crippen molar-refractivity contribution in [3.8, 4) is 11.8 Å². The van der Waals surface area contributed by atoms with Crippen molar-refractivity contribution in [2.45, 2.75) is 24.4 Å². The molecule has 1 saturated carbocycles. The molecule has 4 rings (SSSR count). The zero-order chi connectivity index (χ0) is 18.9. The fourth-order valence-electron chi connectivity index (χ4n) is 3.40. The van der Waals surface area contributed by atoms with E-state index in [1.54, 1.807) is 35.4 Å². The molecule has 1 fully saturated rings. The summed E-state index contributed by atoms with van der Waals surface area (Å²) < 4.78 is 29.5. The molecule has 0 aliphatic heterocycles. The van der Waals surface area contributed by atoms with Gasteiger partial charge < -0.3 is 9.88 Å². The first-order valence-corrected chi connectivity index (χ1v) is 8.49. The predicted octanol–water partition coefficient (Wildman–Crippen LogP) is 3.15. The average molecular weight is 366 g/mol. The Morgan fingerprint density at radius 1 is 1.26 bits per heavy atom. The van der Waals surface area contributed by atoms with Crippen molar-refractivity contribution >= 4 is 5.95 Å². The van der Waals surface area contributed by atoms with Gasteiger partial charge in [0.2, 0.25) is 5.95 Å². The number of pyridine rings is 1. The largest absolute Gasteiger partial charge is 0.353 e. The third-order valence-corrected chi connectivity index (χ3v) is 4.83. The maximum Gasteiger partial charge on any atom is 0.222 e. The number of hydrogen-bond donors (Lipinski definition) is 1. The van der Waals surface area contributed by atoms with Gasteiger partial charge in [-0.25, -0.2) is 18.7 Å². The summed E-state index contributed by atoms with van der Waals surface area (Å²) in [6.07, 6.45) is 7.65. The monoisotopic (exact) mass is 366 g/mol. The van der Waals surface area contributed by atoms with E-state index < -0.39 is 17.4 Å². The van der Waals surface area contributed by atoms with E-state index in [4.69, 9.17) is 5.26 Å². The first-order chi connectivity index (χ1) is 13.1. The molecule has 6 nitrogen and oxygen atoms in total. The van der Waals surface area contributed by atoms with Crippen LogP contribution >= 0.6 is 0 Å². The number of aromatic nitrogens is 4. The lowest BCUT2D eigenvalue weighted by Gasteiger charge is -2.43.